The molecule has 3 fully saturated rings. The van der Waals surface area contributed by atoms with Crippen LogP contribution in [0.25, 0.3) is 0 Å². The Labute approximate surface area is 384 Å². The molecule has 3 aromatic rings. The van der Waals surface area contributed by atoms with Crippen LogP contribution in [0.15, 0.2) is 91.0 Å². The number of hydrazine groups is 1. The van der Waals surface area contributed by atoms with Gasteiger partial charge in [0.1, 0.15) is 18.8 Å². The van der Waals surface area contributed by atoms with Gasteiger partial charge in [0.15, 0.2) is 49.2 Å². The van der Waals surface area contributed by atoms with Gasteiger partial charge in [-0.05, 0) is 43.3 Å². The molecule has 0 amide bonds. The molecule has 11 atom stereocenters. The van der Waals surface area contributed by atoms with Crippen molar-refractivity contribution in [1.82, 2.24) is 10.9 Å². The van der Waals surface area contributed by atoms with E-state index in [4.69, 9.17) is 56.8 Å². The number of ether oxygens (including phenoxy) is 12. The zero-order chi connectivity index (χ0) is 48.3. The first kappa shape index (κ1) is 50.1. The molecule has 0 radical (unpaired) electrons. The van der Waals surface area contributed by atoms with E-state index in [1.165, 1.54) is 43.5 Å². The van der Waals surface area contributed by atoms with Crippen LogP contribution >= 0.6 is 0 Å². The highest BCUT2D eigenvalue weighted by atomic mass is 16.8. The number of carbonyl (C=O) groups excluding carboxylic acids is 7. The van der Waals surface area contributed by atoms with Crippen molar-refractivity contribution in [1.29, 1.82) is 0 Å². The quantitative estimate of drug-likeness (QED) is 0.0757. The Morgan fingerprint density at radius 2 is 0.910 bits per heavy atom. The average molecular weight is 937 g/mol. The van der Waals surface area contributed by atoms with Gasteiger partial charge >= 0.3 is 41.8 Å². The fraction of sp³-hybridized carbons (Fsp3) is 0.457. The van der Waals surface area contributed by atoms with E-state index in [1.807, 2.05) is 6.92 Å². The monoisotopic (exact) mass is 936 g/mol. The lowest BCUT2D eigenvalue weighted by Gasteiger charge is -2.46. The van der Waals surface area contributed by atoms with Gasteiger partial charge in [-0.2, -0.15) is 0 Å². The van der Waals surface area contributed by atoms with Crippen LogP contribution in [0.2, 0.25) is 0 Å². The number of hydrogen-bond acceptors (Lipinski definition) is 21. The van der Waals surface area contributed by atoms with Crippen molar-refractivity contribution in [2.24, 2.45) is 0 Å². The molecular formula is C46H52N2O19. The minimum atomic E-state index is -1.74. The highest BCUT2D eigenvalue weighted by Gasteiger charge is 2.57. The Balaban J connectivity index is 1.44. The molecule has 3 aliphatic heterocycles. The Kier molecular flexibility index (Phi) is 17.1. The zero-order valence-electron chi connectivity index (χ0n) is 37.4. The van der Waals surface area contributed by atoms with Crippen LogP contribution in [0.4, 0.5) is 0 Å². The molecule has 67 heavy (non-hydrogen) atoms. The first-order valence-corrected chi connectivity index (χ1v) is 21.1. The number of rotatable bonds is 19. The number of esters is 7. The minimum absolute atomic E-state index is 0.0724. The molecule has 3 aromatic carbocycles. The lowest BCUT2D eigenvalue weighted by Crippen LogP contribution is -2.65. The highest BCUT2D eigenvalue weighted by Crippen LogP contribution is 2.35. The molecule has 6 rings (SSSR count). The first-order valence-electron chi connectivity index (χ1n) is 21.1. The number of benzene rings is 3. The third-order valence-corrected chi connectivity index (χ3v) is 10.4. The molecule has 3 aliphatic rings. The molecule has 0 aromatic heterocycles. The molecule has 0 saturated carbocycles. The molecule has 3 saturated heterocycles. The molecule has 0 spiro atoms. The summed E-state index contributed by atoms with van der Waals surface area (Å²) >= 11 is 0. The summed E-state index contributed by atoms with van der Waals surface area (Å²) < 4.78 is 71.4. The molecule has 21 heteroatoms. The number of hydrogen-bond donors (Lipinski definition) is 2. The standard InChI is InChI=1S/C46H52N2O19/c1-25(49)57-23-32-35(59-26(2)50)37(60-27(3)51)39(61-28(4)52)44(62-32)58-24-33-36(65-41(53)29-16-10-7-11-17-29)38(66-42(54)30-18-12-8-13-19-30)40(67-43(55)31-20-14-9-15-21-31)45(63-33)64-34(56-6)22-46(5)47-48-46/h7-21,32-40,44-45,47-48H,22-24H2,1-6H3/t32-,33-,34?,35+,36+,37+,38+,39-,40-,44-,45+/m1/s1. The first-order chi connectivity index (χ1) is 32.0. The number of carbonyl (C=O) groups is 7. The summed E-state index contributed by atoms with van der Waals surface area (Å²) in [5.41, 5.74) is 5.58. The molecule has 3 heterocycles. The van der Waals surface area contributed by atoms with Crippen molar-refractivity contribution >= 4 is 41.8 Å². The van der Waals surface area contributed by atoms with Crippen LogP contribution in [-0.2, 0) is 76.0 Å². The summed E-state index contributed by atoms with van der Waals surface area (Å²) in [5, 5.41) is 0. The van der Waals surface area contributed by atoms with E-state index in [0.29, 0.717) is 0 Å². The van der Waals surface area contributed by atoms with E-state index in [2.05, 4.69) is 10.9 Å². The van der Waals surface area contributed by atoms with E-state index < -0.39 is 128 Å². The molecule has 360 valence electrons. The van der Waals surface area contributed by atoms with E-state index in [9.17, 15) is 33.6 Å². The fourth-order valence-corrected chi connectivity index (χ4v) is 7.21. The second-order valence-corrected chi connectivity index (χ2v) is 15.7. The predicted molar refractivity (Wildman–Crippen MR) is 225 cm³/mol. The van der Waals surface area contributed by atoms with Gasteiger partial charge in [-0.15, -0.1) is 0 Å². The second kappa shape index (κ2) is 22.9. The topological polar surface area (TPSA) is 274 Å². The molecule has 21 nitrogen and oxygen atoms in total. The predicted octanol–water partition coefficient (Wildman–Crippen LogP) is 2.69. The maximum atomic E-state index is 14.1. The Morgan fingerprint density at radius 1 is 0.522 bits per heavy atom. The molecule has 0 aliphatic carbocycles. The van der Waals surface area contributed by atoms with E-state index in [-0.39, 0.29) is 23.1 Å². The van der Waals surface area contributed by atoms with Crippen molar-refractivity contribution in [2.45, 2.75) is 114 Å². The van der Waals surface area contributed by atoms with Crippen molar-refractivity contribution in [2.75, 3.05) is 20.3 Å². The summed E-state index contributed by atoms with van der Waals surface area (Å²) in [5.74, 6) is -6.11. The lowest BCUT2D eigenvalue weighted by atomic mass is 9.96. The van der Waals surface area contributed by atoms with E-state index in [0.717, 1.165) is 27.7 Å². The number of methoxy groups -OCH3 is 1. The lowest BCUT2D eigenvalue weighted by molar-refractivity contribution is -0.348. The number of nitrogens with one attached hydrogen (secondary N) is 2. The second-order valence-electron chi connectivity index (χ2n) is 15.7. The minimum Gasteiger partial charge on any atom is -0.463 e. The maximum absolute atomic E-state index is 14.1. The van der Waals surface area contributed by atoms with Gasteiger partial charge in [0, 0.05) is 41.2 Å². The van der Waals surface area contributed by atoms with Crippen LogP contribution in [0.1, 0.15) is 72.1 Å². The Morgan fingerprint density at radius 3 is 1.37 bits per heavy atom. The Hall–Kier alpha value is -6.33. The van der Waals surface area contributed by atoms with Crippen molar-refractivity contribution in [3.05, 3.63) is 108 Å². The van der Waals surface area contributed by atoms with Gasteiger partial charge in [-0.1, -0.05) is 54.6 Å². The van der Waals surface area contributed by atoms with Gasteiger partial charge in [0.25, 0.3) is 0 Å². The van der Waals surface area contributed by atoms with Gasteiger partial charge in [0.2, 0.25) is 6.29 Å². The Bertz CT molecular complexity index is 2190. The van der Waals surface area contributed by atoms with E-state index in [1.54, 1.807) is 54.6 Å². The maximum Gasteiger partial charge on any atom is 0.338 e. The smallest absolute Gasteiger partial charge is 0.338 e. The van der Waals surface area contributed by atoms with Crippen LogP contribution in [0.3, 0.4) is 0 Å². The normalized spacial score (nSPS) is 26.7. The van der Waals surface area contributed by atoms with E-state index >= 15 is 0 Å². The van der Waals surface area contributed by atoms with Crippen molar-refractivity contribution < 1.29 is 90.4 Å². The van der Waals surface area contributed by atoms with Crippen LogP contribution in [0.5, 0.6) is 0 Å². The SMILES string of the molecule is COC(CC1(C)NN1)O[C@@H]1O[C@H](CO[C@@H]2O[C@H](COC(C)=O)[C@H](OC(C)=O)[C@H](OC(C)=O)[C@H]2OC(C)=O)[C@H](OC(=O)c2ccccc2)[C@H](OC(=O)c2ccccc2)[C@H]1OC(=O)c1ccccc1. The van der Waals surface area contributed by atoms with Crippen LogP contribution in [0, 0.1) is 0 Å². The summed E-state index contributed by atoms with van der Waals surface area (Å²) in [6.45, 7) is 4.88. The third kappa shape index (κ3) is 13.9. The van der Waals surface area contributed by atoms with Gasteiger partial charge in [0.05, 0.1) is 29.0 Å². The molecule has 1 unspecified atom stereocenters. The largest absolute Gasteiger partial charge is 0.463 e. The summed E-state index contributed by atoms with van der Waals surface area (Å²) in [4.78, 5) is 91.6. The summed E-state index contributed by atoms with van der Waals surface area (Å²) in [7, 11) is 1.37. The van der Waals surface area contributed by atoms with Gasteiger partial charge < -0.3 is 56.8 Å². The van der Waals surface area contributed by atoms with Gasteiger partial charge in [-0.25, -0.2) is 25.2 Å². The van der Waals surface area contributed by atoms with Gasteiger partial charge in [-0.3, -0.25) is 19.2 Å². The zero-order valence-corrected chi connectivity index (χ0v) is 37.4. The molecule has 2 N–H and O–H groups in total. The highest BCUT2D eigenvalue weighted by molar-refractivity contribution is 5.91. The fourth-order valence-electron chi connectivity index (χ4n) is 7.21. The third-order valence-electron chi connectivity index (χ3n) is 10.4. The van der Waals surface area contributed by atoms with Crippen molar-refractivity contribution in [3.8, 4) is 0 Å². The summed E-state index contributed by atoms with van der Waals surface area (Å²) in [6.07, 6.45) is -17.2. The molecular weight excluding hydrogens is 885 g/mol. The summed E-state index contributed by atoms with van der Waals surface area (Å²) in [6, 6.07) is 23.5. The average Bonchev–Trinajstić information content (AvgIpc) is 4.04. The van der Waals surface area contributed by atoms with Crippen molar-refractivity contribution in [3.63, 3.8) is 0 Å². The molecule has 0 bridgehead atoms. The van der Waals surface area contributed by atoms with Crippen LogP contribution in [-0.4, -0.2) is 135 Å². The van der Waals surface area contributed by atoms with Crippen LogP contribution < -0.4 is 10.9 Å².